The molecule has 0 spiro atoms. The molecule has 0 radical (unpaired) electrons. The Bertz CT molecular complexity index is 337. The summed E-state index contributed by atoms with van der Waals surface area (Å²) < 4.78 is 0. The lowest BCUT2D eigenvalue weighted by molar-refractivity contribution is 0.376. The van der Waals surface area contributed by atoms with E-state index < -0.39 is 0 Å². The second-order valence-corrected chi connectivity index (χ2v) is 5.03. The third-order valence-electron chi connectivity index (χ3n) is 3.71. The van der Waals surface area contributed by atoms with Gasteiger partial charge in [0.05, 0.1) is 0 Å². The van der Waals surface area contributed by atoms with Gasteiger partial charge < -0.3 is 5.32 Å². The van der Waals surface area contributed by atoms with Crippen LogP contribution in [0.25, 0.3) is 0 Å². The molecule has 1 atom stereocenters. The number of aryl methyl sites for hydroxylation is 2. The Kier molecular flexibility index (Phi) is 4.00. The van der Waals surface area contributed by atoms with Crippen LogP contribution < -0.4 is 5.32 Å². The Morgan fingerprint density at radius 1 is 1.38 bits per heavy atom. The van der Waals surface area contributed by atoms with Gasteiger partial charge in [-0.25, -0.2) is 0 Å². The van der Waals surface area contributed by atoms with Crippen molar-refractivity contribution < 1.29 is 0 Å². The van der Waals surface area contributed by atoms with E-state index in [0.29, 0.717) is 0 Å². The molecule has 1 nitrogen and oxygen atoms in total. The summed E-state index contributed by atoms with van der Waals surface area (Å²) in [5.74, 6) is 0.848. The number of rotatable bonds is 3. The summed E-state index contributed by atoms with van der Waals surface area (Å²) in [5.41, 5.74) is 4.47. The van der Waals surface area contributed by atoms with E-state index in [-0.39, 0.29) is 0 Å². The van der Waals surface area contributed by atoms with Crippen molar-refractivity contribution in [3.8, 4) is 0 Å². The quantitative estimate of drug-likeness (QED) is 0.820. The fourth-order valence-electron chi connectivity index (χ4n) is 2.71. The van der Waals surface area contributed by atoms with Gasteiger partial charge in [-0.15, -0.1) is 0 Å². The Labute approximate surface area is 99.3 Å². The zero-order valence-electron chi connectivity index (χ0n) is 10.6. The standard InChI is InChI=1S/C15H23N/c1-3-15-7-6-13(9-12(15)2)10-14-5-4-8-16-11-14/h6-7,9,14,16H,3-5,8,10-11H2,1-2H3. The van der Waals surface area contributed by atoms with Crippen molar-refractivity contribution in [1.82, 2.24) is 5.32 Å². The first-order valence-electron chi connectivity index (χ1n) is 6.58. The van der Waals surface area contributed by atoms with Crippen molar-refractivity contribution in [3.05, 3.63) is 34.9 Å². The van der Waals surface area contributed by atoms with Crippen molar-refractivity contribution in [3.63, 3.8) is 0 Å². The van der Waals surface area contributed by atoms with Crippen molar-refractivity contribution in [2.45, 2.75) is 39.5 Å². The average molecular weight is 217 g/mol. The minimum Gasteiger partial charge on any atom is -0.316 e. The van der Waals surface area contributed by atoms with E-state index in [2.05, 4.69) is 37.4 Å². The molecule has 0 amide bonds. The van der Waals surface area contributed by atoms with Gasteiger partial charge in [-0.2, -0.15) is 0 Å². The lowest BCUT2D eigenvalue weighted by Gasteiger charge is -2.23. The molecule has 1 aromatic carbocycles. The highest BCUT2D eigenvalue weighted by molar-refractivity contribution is 5.31. The van der Waals surface area contributed by atoms with Gasteiger partial charge in [-0.1, -0.05) is 25.1 Å². The van der Waals surface area contributed by atoms with Crippen molar-refractivity contribution in [2.75, 3.05) is 13.1 Å². The SMILES string of the molecule is CCc1ccc(CC2CCCNC2)cc1C. The van der Waals surface area contributed by atoms with Crippen LogP contribution in [0.1, 0.15) is 36.5 Å². The van der Waals surface area contributed by atoms with Crippen LogP contribution in [0.2, 0.25) is 0 Å². The minimum atomic E-state index is 0.848. The van der Waals surface area contributed by atoms with Crippen LogP contribution in [0.3, 0.4) is 0 Å². The highest BCUT2D eigenvalue weighted by Gasteiger charge is 2.13. The van der Waals surface area contributed by atoms with E-state index in [1.165, 1.54) is 49.0 Å². The first-order chi connectivity index (χ1) is 7.79. The normalized spacial score (nSPS) is 21.0. The molecule has 1 saturated heterocycles. The van der Waals surface area contributed by atoms with Gasteiger partial charge in [0, 0.05) is 0 Å². The Hall–Kier alpha value is -0.820. The summed E-state index contributed by atoms with van der Waals surface area (Å²) in [5, 5.41) is 3.49. The van der Waals surface area contributed by atoms with Crippen LogP contribution in [0.5, 0.6) is 0 Å². The maximum Gasteiger partial charge on any atom is -0.00173 e. The summed E-state index contributed by atoms with van der Waals surface area (Å²) >= 11 is 0. The molecule has 16 heavy (non-hydrogen) atoms. The van der Waals surface area contributed by atoms with E-state index in [9.17, 15) is 0 Å². The van der Waals surface area contributed by atoms with Gasteiger partial charge in [0.1, 0.15) is 0 Å². The summed E-state index contributed by atoms with van der Waals surface area (Å²) in [6, 6.07) is 7.01. The van der Waals surface area contributed by atoms with Gasteiger partial charge in [-0.3, -0.25) is 0 Å². The summed E-state index contributed by atoms with van der Waals surface area (Å²) in [6.45, 7) is 6.88. The third-order valence-corrected chi connectivity index (χ3v) is 3.71. The smallest absolute Gasteiger partial charge is 0.00173 e. The summed E-state index contributed by atoms with van der Waals surface area (Å²) in [6.07, 6.45) is 5.13. The molecule has 0 bridgehead atoms. The molecule has 0 saturated carbocycles. The summed E-state index contributed by atoms with van der Waals surface area (Å²) in [4.78, 5) is 0. The van der Waals surface area contributed by atoms with Crippen LogP contribution in [0, 0.1) is 12.8 Å². The highest BCUT2D eigenvalue weighted by Crippen LogP contribution is 2.19. The van der Waals surface area contributed by atoms with Crippen LogP contribution in [-0.2, 0) is 12.8 Å². The molecule has 1 aliphatic rings. The second-order valence-electron chi connectivity index (χ2n) is 5.03. The molecule has 0 aromatic heterocycles. The molecule has 88 valence electrons. The van der Waals surface area contributed by atoms with Crippen molar-refractivity contribution >= 4 is 0 Å². The predicted molar refractivity (Wildman–Crippen MR) is 69.9 cm³/mol. The monoisotopic (exact) mass is 217 g/mol. The second kappa shape index (κ2) is 5.49. The maximum atomic E-state index is 3.49. The van der Waals surface area contributed by atoms with Crippen LogP contribution in [0.4, 0.5) is 0 Å². The Balaban J connectivity index is 2.01. The first-order valence-corrected chi connectivity index (χ1v) is 6.58. The highest BCUT2D eigenvalue weighted by atomic mass is 14.9. The zero-order chi connectivity index (χ0) is 11.4. The molecular formula is C15H23N. The maximum absolute atomic E-state index is 3.49. The largest absolute Gasteiger partial charge is 0.316 e. The third kappa shape index (κ3) is 2.85. The van der Waals surface area contributed by atoms with E-state index in [1.54, 1.807) is 0 Å². The van der Waals surface area contributed by atoms with Crippen LogP contribution in [0.15, 0.2) is 18.2 Å². The Morgan fingerprint density at radius 3 is 2.88 bits per heavy atom. The van der Waals surface area contributed by atoms with Crippen LogP contribution >= 0.6 is 0 Å². The molecular weight excluding hydrogens is 194 g/mol. The molecule has 2 rings (SSSR count). The van der Waals surface area contributed by atoms with E-state index in [0.717, 1.165) is 12.3 Å². The molecule has 1 heteroatoms. The fraction of sp³-hybridized carbons (Fsp3) is 0.600. The van der Waals surface area contributed by atoms with Gasteiger partial charge in [0.25, 0.3) is 0 Å². The molecule has 1 N–H and O–H groups in total. The first kappa shape index (κ1) is 11.7. The molecule has 1 aromatic rings. The van der Waals surface area contributed by atoms with Gasteiger partial charge in [0.15, 0.2) is 0 Å². The van der Waals surface area contributed by atoms with E-state index in [4.69, 9.17) is 0 Å². The van der Waals surface area contributed by atoms with Crippen molar-refractivity contribution in [1.29, 1.82) is 0 Å². The number of nitrogens with one attached hydrogen (secondary N) is 1. The lowest BCUT2D eigenvalue weighted by atomic mass is 9.91. The van der Waals surface area contributed by atoms with Gasteiger partial charge in [-0.05, 0) is 68.3 Å². The van der Waals surface area contributed by atoms with Crippen LogP contribution in [-0.4, -0.2) is 13.1 Å². The molecule has 1 aliphatic heterocycles. The van der Waals surface area contributed by atoms with Gasteiger partial charge >= 0.3 is 0 Å². The van der Waals surface area contributed by atoms with Gasteiger partial charge in [0.2, 0.25) is 0 Å². The number of hydrogen-bond acceptors (Lipinski definition) is 1. The molecule has 1 unspecified atom stereocenters. The average Bonchev–Trinajstić information content (AvgIpc) is 2.31. The molecule has 1 heterocycles. The topological polar surface area (TPSA) is 12.0 Å². The van der Waals surface area contributed by atoms with Crippen molar-refractivity contribution in [2.24, 2.45) is 5.92 Å². The summed E-state index contributed by atoms with van der Waals surface area (Å²) in [7, 11) is 0. The predicted octanol–water partition coefficient (Wildman–Crippen LogP) is 3.10. The lowest BCUT2D eigenvalue weighted by Crippen LogP contribution is -2.30. The number of hydrogen-bond donors (Lipinski definition) is 1. The molecule has 0 aliphatic carbocycles. The zero-order valence-corrected chi connectivity index (χ0v) is 10.6. The number of benzene rings is 1. The minimum absolute atomic E-state index is 0.848. The fourth-order valence-corrected chi connectivity index (χ4v) is 2.71. The Morgan fingerprint density at radius 2 is 2.25 bits per heavy atom. The number of piperidine rings is 1. The van der Waals surface area contributed by atoms with E-state index in [1.807, 2.05) is 0 Å². The molecule has 1 fully saturated rings. The van der Waals surface area contributed by atoms with E-state index >= 15 is 0 Å².